The van der Waals surface area contributed by atoms with Crippen LogP contribution in [0.1, 0.15) is 28.3 Å². The van der Waals surface area contributed by atoms with Crippen molar-refractivity contribution in [2.24, 2.45) is 0 Å². The smallest absolute Gasteiger partial charge is 0.412 e. The third kappa shape index (κ3) is 4.12. The Kier molecular flexibility index (Phi) is 5.93. The predicted molar refractivity (Wildman–Crippen MR) is 109 cm³/mol. The van der Waals surface area contributed by atoms with Crippen molar-refractivity contribution in [2.75, 3.05) is 32.6 Å². The molecule has 29 heavy (non-hydrogen) atoms. The van der Waals surface area contributed by atoms with Crippen LogP contribution in [0.4, 0.5) is 10.5 Å². The molecule has 0 bridgehead atoms. The number of carbonyl (C=O) groups is 2. The number of carboxylic acid groups (broad SMARTS) is 1. The van der Waals surface area contributed by atoms with E-state index in [-0.39, 0.29) is 11.3 Å². The van der Waals surface area contributed by atoms with E-state index in [2.05, 4.69) is 29.2 Å². The van der Waals surface area contributed by atoms with Crippen LogP contribution in [0.15, 0.2) is 42.5 Å². The first-order valence-electron chi connectivity index (χ1n) is 9.31. The zero-order valence-corrected chi connectivity index (χ0v) is 16.6. The summed E-state index contributed by atoms with van der Waals surface area (Å²) in [5.41, 5.74) is 2.46. The summed E-state index contributed by atoms with van der Waals surface area (Å²) < 4.78 is 5.22. The molecule has 0 saturated carbocycles. The number of hydrogen-bond donors (Lipinski definition) is 3. The number of likely N-dealkylation sites (tertiary alicyclic amines) is 1. The lowest BCUT2D eigenvalue weighted by molar-refractivity contribution is 0.0693. The number of benzene rings is 2. The highest BCUT2D eigenvalue weighted by Gasteiger charge is 2.43. The van der Waals surface area contributed by atoms with Crippen molar-refractivity contribution in [3.8, 4) is 11.5 Å². The number of aromatic hydroxyl groups is 1. The predicted octanol–water partition coefficient (Wildman–Crippen LogP) is 2.69. The largest absolute Gasteiger partial charge is 0.507 e. The molecule has 1 saturated heterocycles. The highest BCUT2D eigenvalue weighted by atomic mass is 16.5. The van der Waals surface area contributed by atoms with Gasteiger partial charge in [-0.1, -0.05) is 12.1 Å². The van der Waals surface area contributed by atoms with Crippen molar-refractivity contribution < 1.29 is 24.5 Å². The number of nitrogens with one attached hydrogen (secondary N) is 1. The van der Waals surface area contributed by atoms with Gasteiger partial charge >= 0.3 is 12.1 Å². The molecule has 0 aliphatic carbocycles. The molecule has 2 atom stereocenters. The van der Waals surface area contributed by atoms with Gasteiger partial charge in [-0.25, -0.2) is 9.59 Å². The van der Waals surface area contributed by atoms with Gasteiger partial charge in [0.15, 0.2) is 0 Å². The van der Waals surface area contributed by atoms with Gasteiger partial charge in [0, 0.05) is 32.2 Å². The number of para-hydroxylation sites is 1. The molecule has 8 heteroatoms. The van der Waals surface area contributed by atoms with Gasteiger partial charge in [0.25, 0.3) is 0 Å². The fourth-order valence-electron chi connectivity index (χ4n) is 3.98. The van der Waals surface area contributed by atoms with Gasteiger partial charge in [0.2, 0.25) is 0 Å². The van der Waals surface area contributed by atoms with Crippen molar-refractivity contribution in [3.05, 3.63) is 53.6 Å². The summed E-state index contributed by atoms with van der Waals surface area (Å²) in [7, 11) is 5.85. The summed E-state index contributed by atoms with van der Waals surface area (Å²) >= 11 is 0. The molecule has 154 valence electrons. The van der Waals surface area contributed by atoms with Crippen molar-refractivity contribution in [1.29, 1.82) is 0 Å². The van der Waals surface area contributed by atoms with Gasteiger partial charge in [0.05, 0.1) is 6.17 Å². The van der Waals surface area contributed by atoms with Crippen LogP contribution < -0.4 is 15.0 Å². The average molecular weight is 399 g/mol. The molecule has 1 amide bonds. The standard InChI is InChI=1S/C14H19N3O2.C7H6O3/c1-15-14(18)19-9-4-5-12-11(8-9)10-6-7-16(2)13(10)17(12)3;8-6-4-2-1-3-5(6)7(9)10/h4-5,8,10,13H,6-7H2,1-3H3,(H,15,18);1-4,8H,(H,9,10). The number of fused-ring (bicyclic) bond motifs is 3. The van der Waals surface area contributed by atoms with E-state index in [1.807, 2.05) is 18.2 Å². The Bertz CT molecular complexity index is 917. The molecule has 2 heterocycles. The highest BCUT2D eigenvalue weighted by Crippen LogP contribution is 2.47. The van der Waals surface area contributed by atoms with Gasteiger partial charge in [-0.2, -0.15) is 0 Å². The maximum atomic E-state index is 11.3. The number of anilines is 1. The zero-order chi connectivity index (χ0) is 21.1. The van der Waals surface area contributed by atoms with Crippen molar-refractivity contribution in [2.45, 2.75) is 18.5 Å². The third-order valence-electron chi connectivity index (χ3n) is 5.33. The Labute approximate surface area is 169 Å². The van der Waals surface area contributed by atoms with E-state index in [1.54, 1.807) is 19.2 Å². The summed E-state index contributed by atoms with van der Waals surface area (Å²) in [6.45, 7) is 1.11. The molecule has 0 aromatic heterocycles. The van der Waals surface area contributed by atoms with Gasteiger partial charge in [-0.15, -0.1) is 0 Å². The number of hydrogen-bond acceptors (Lipinski definition) is 6. The van der Waals surface area contributed by atoms with Crippen LogP contribution in [0, 0.1) is 0 Å². The number of phenols is 1. The minimum Gasteiger partial charge on any atom is -0.507 e. The van der Waals surface area contributed by atoms with Gasteiger partial charge < -0.3 is 25.2 Å². The van der Waals surface area contributed by atoms with E-state index in [0.29, 0.717) is 17.8 Å². The lowest BCUT2D eigenvalue weighted by Crippen LogP contribution is -2.39. The molecule has 1 fully saturated rings. The molecular weight excluding hydrogens is 374 g/mol. The Morgan fingerprint density at radius 2 is 1.90 bits per heavy atom. The molecule has 2 unspecified atom stereocenters. The lowest BCUT2D eigenvalue weighted by atomic mass is 9.98. The molecule has 3 N–H and O–H groups in total. The molecule has 2 aromatic carbocycles. The molecule has 0 radical (unpaired) electrons. The number of amides is 1. The van der Waals surface area contributed by atoms with Gasteiger partial charge in [-0.3, -0.25) is 4.90 Å². The Morgan fingerprint density at radius 3 is 2.52 bits per heavy atom. The van der Waals surface area contributed by atoms with Crippen LogP contribution >= 0.6 is 0 Å². The fourth-order valence-corrected chi connectivity index (χ4v) is 3.98. The first-order valence-corrected chi connectivity index (χ1v) is 9.31. The second kappa shape index (κ2) is 8.40. The number of likely N-dealkylation sites (N-methyl/N-ethyl adjacent to an activating group) is 2. The summed E-state index contributed by atoms with van der Waals surface area (Å²) in [5, 5.41) is 19.8. The van der Waals surface area contributed by atoms with Crippen LogP contribution in [-0.4, -0.2) is 61.0 Å². The van der Waals surface area contributed by atoms with Crippen LogP contribution in [0.3, 0.4) is 0 Å². The zero-order valence-electron chi connectivity index (χ0n) is 16.6. The Morgan fingerprint density at radius 1 is 1.17 bits per heavy atom. The second-order valence-electron chi connectivity index (χ2n) is 7.08. The summed E-state index contributed by atoms with van der Waals surface area (Å²) in [6.07, 6.45) is 1.17. The van der Waals surface area contributed by atoms with E-state index in [9.17, 15) is 9.59 Å². The summed E-state index contributed by atoms with van der Waals surface area (Å²) in [5.74, 6) is -0.187. The van der Waals surface area contributed by atoms with Gasteiger partial charge in [0.1, 0.15) is 17.1 Å². The van der Waals surface area contributed by atoms with E-state index >= 15 is 0 Å². The lowest BCUT2D eigenvalue weighted by Gasteiger charge is -2.28. The minimum atomic E-state index is -1.11. The molecule has 4 rings (SSSR count). The number of carboxylic acids is 1. The highest BCUT2D eigenvalue weighted by molar-refractivity contribution is 5.90. The SMILES string of the molecule is CNC(=O)Oc1ccc2c(c1)C1CCN(C)C1N2C.O=C(O)c1ccccc1O. The molecule has 8 nitrogen and oxygen atoms in total. The topological polar surface area (TPSA) is 102 Å². The Hall–Kier alpha value is -3.26. The second-order valence-corrected chi connectivity index (χ2v) is 7.08. The Balaban J connectivity index is 0.000000204. The molecule has 2 aliphatic heterocycles. The first-order chi connectivity index (χ1) is 13.8. The molecule has 2 aliphatic rings. The number of carbonyl (C=O) groups excluding carboxylic acids is 1. The first kappa shape index (κ1) is 20.5. The number of rotatable bonds is 2. The van der Waals surface area contributed by atoms with Crippen molar-refractivity contribution in [3.63, 3.8) is 0 Å². The minimum absolute atomic E-state index is 0.0671. The van der Waals surface area contributed by atoms with E-state index in [0.717, 1.165) is 13.0 Å². The number of aromatic carboxylic acids is 1. The maximum Gasteiger partial charge on any atom is 0.412 e. The normalized spacial score (nSPS) is 19.6. The molecule has 0 spiro atoms. The monoisotopic (exact) mass is 399 g/mol. The number of nitrogens with zero attached hydrogens (tertiary/aromatic N) is 2. The summed E-state index contributed by atoms with van der Waals surface area (Å²) in [6, 6.07) is 11.7. The average Bonchev–Trinajstić information content (AvgIpc) is 3.21. The maximum absolute atomic E-state index is 11.3. The molecular formula is C21H25N3O5. The third-order valence-corrected chi connectivity index (χ3v) is 5.33. The van der Waals surface area contributed by atoms with Crippen LogP contribution in [0.2, 0.25) is 0 Å². The quantitative estimate of drug-likeness (QED) is 0.713. The van der Waals surface area contributed by atoms with Crippen LogP contribution in [0.25, 0.3) is 0 Å². The fraction of sp³-hybridized carbons (Fsp3) is 0.333. The summed E-state index contributed by atoms with van der Waals surface area (Å²) in [4.78, 5) is 26.2. The van der Waals surface area contributed by atoms with Crippen LogP contribution in [0.5, 0.6) is 11.5 Å². The van der Waals surface area contributed by atoms with E-state index in [1.165, 1.54) is 23.4 Å². The molecule has 2 aromatic rings. The van der Waals surface area contributed by atoms with Gasteiger partial charge in [-0.05, 0) is 49.4 Å². The van der Waals surface area contributed by atoms with E-state index in [4.69, 9.17) is 14.9 Å². The van der Waals surface area contributed by atoms with Crippen molar-refractivity contribution in [1.82, 2.24) is 10.2 Å². The van der Waals surface area contributed by atoms with Crippen LogP contribution in [-0.2, 0) is 0 Å². The van der Waals surface area contributed by atoms with E-state index < -0.39 is 12.1 Å². The van der Waals surface area contributed by atoms with Crippen molar-refractivity contribution >= 4 is 17.7 Å². The number of ether oxygens (including phenoxy) is 1.